The molecular weight excluding hydrogens is 254 g/mol. The molecule has 0 fully saturated rings. The average molecular weight is 285 g/mol. The van der Waals surface area contributed by atoms with E-state index in [4.69, 9.17) is 0 Å². The quantitative estimate of drug-likeness (QED) is 0.290. The van der Waals surface area contributed by atoms with Gasteiger partial charge in [-0.2, -0.15) is 0 Å². The summed E-state index contributed by atoms with van der Waals surface area (Å²) in [5.41, 5.74) is 4.73. The molecule has 0 rings (SSSR count). The van der Waals surface area contributed by atoms with Crippen molar-refractivity contribution in [2.75, 3.05) is 0 Å². The van der Waals surface area contributed by atoms with E-state index in [0.717, 1.165) is 17.8 Å². The molecule has 0 aliphatic heterocycles. The fraction of sp³-hybridized carbons (Fsp3) is 0.450. The van der Waals surface area contributed by atoms with Gasteiger partial charge in [0.2, 0.25) is 0 Å². The van der Waals surface area contributed by atoms with Crippen molar-refractivity contribution < 1.29 is 0 Å². The number of rotatable bonds is 7. The van der Waals surface area contributed by atoms with E-state index in [1.807, 2.05) is 32.1 Å². The molecule has 0 N–H and O–H groups in total. The smallest absolute Gasteiger partial charge is 0.0402 e. The van der Waals surface area contributed by atoms with Gasteiger partial charge in [0.15, 0.2) is 0 Å². The highest BCUT2D eigenvalue weighted by Gasteiger charge is 2.05. The van der Waals surface area contributed by atoms with E-state index < -0.39 is 0 Å². The van der Waals surface area contributed by atoms with Crippen LogP contribution >= 0.6 is 0 Å². The number of allylic oxidation sites excluding steroid dienone is 10. The lowest BCUT2D eigenvalue weighted by molar-refractivity contribution is 0.938. The fourth-order valence-corrected chi connectivity index (χ4v) is 2.02. The van der Waals surface area contributed by atoms with E-state index in [1.165, 1.54) is 11.1 Å². The van der Waals surface area contributed by atoms with Gasteiger partial charge in [-0.25, -0.2) is 0 Å². The first-order valence-corrected chi connectivity index (χ1v) is 7.79. The molecule has 0 aromatic carbocycles. The lowest BCUT2D eigenvalue weighted by Crippen LogP contribution is -2.00. The van der Waals surface area contributed by atoms with Crippen molar-refractivity contribution in [1.82, 2.24) is 0 Å². The molecule has 0 saturated heterocycles. The van der Waals surface area contributed by atoms with Gasteiger partial charge in [0.25, 0.3) is 0 Å². The molecule has 1 heteroatoms. The van der Waals surface area contributed by atoms with Crippen molar-refractivity contribution in [2.45, 2.75) is 54.9 Å². The molecule has 21 heavy (non-hydrogen) atoms. The van der Waals surface area contributed by atoms with Crippen molar-refractivity contribution in [2.24, 2.45) is 10.9 Å². The highest BCUT2D eigenvalue weighted by Crippen LogP contribution is 2.18. The minimum Gasteiger partial charge on any atom is -0.258 e. The summed E-state index contributed by atoms with van der Waals surface area (Å²) in [6, 6.07) is 0. The van der Waals surface area contributed by atoms with Gasteiger partial charge in [0.05, 0.1) is 0 Å². The summed E-state index contributed by atoms with van der Waals surface area (Å²) in [4.78, 5) is 4.65. The molecule has 0 amide bonds. The Bertz CT molecular complexity index is 482. The van der Waals surface area contributed by atoms with Crippen molar-refractivity contribution in [3.8, 4) is 0 Å². The van der Waals surface area contributed by atoms with E-state index in [1.54, 1.807) is 0 Å². The van der Waals surface area contributed by atoms with Crippen LogP contribution in [-0.4, -0.2) is 5.71 Å². The Morgan fingerprint density at radius 2 is 1.71 bits per heavy atom. The van der Waals surface area contributed by atoms with Crippen LogP contribution in [-0.2, 0) is 0 Å². The summed E-state index contributed by atoms with van der Waals surface area (Å²) < 4.78 is 0. The molecule has 0 bridgehead atoms. The second kappa shape index (κ2) is 11.1. The monoisotopic (exact) mass is 285 g/mol. The van der Waals surface area contributed by atoms with Crippen LogP contribution in [0.25, 0.3) is 0 Å². The molecule has 1 nitrogen and oxygen atoms in total. The molecule has 1 atom stereocenters. The SMILES string of the molecule is CC=CC(\C=C(C)/C(C)=N/C(C)=C/C=C\C)/C(C)=C\CC. The Hall–Kier alpha value is -1.63. The van der Waals surface area contributed by atoms with Gasteiger partial charge in [0.1, 0.15) is 0 Å². The summed E-state index contributed by atoms with van der Waals surface area (Å²) >= 11 is 0. The topological polar surface area (TPSA) is 12.4 Å². The van der Waals surface area contributed by atoms with Gasteiger partial charge in [-0.05, 0) is 59.6 Å². The summed E-state index contributed by atoms with van der Waals surface area (Å²) in [7, 11) is 0. The predicted molar refractivity (Wildman–Crippen MR) is 97.8 cm³/mol. The maximum Gasteiger partial charge on any atom is 0.0402 e. The third-order valence-electron chi connectivity index (χ3n) is 3.33. The molecule has 0 aliphatic carbocycles. The molecule has 0 spiro atoms. The van der Waals surface area contributed by atoms with Crippen LogP contribution in [0, 0.1) is 5.92 Å². The van der Waals surface area contributed by atoms with E-state index in [2.05, 4.69) is 63.9 Å². The second-order valence-corrected chi connectivity index (χ2v) is 5.29. The van der Waals surface area contributed by atoms with Gasteiger partial charge in [-0.15, -0.1) is 0 Å². The first-order valence-electron chi connectivity index (χ1n) is 7.79. The molecule has 0 heterocycles. The van der Waals surface area contributed by atoms with Gasteiger partial charge in [-0.3, -0.25) is 4.99 Å². The zero-order valence-electron chi connectivity index (χ0n) is 14.8. The maximum absolute atomic E-state index is 4.65. The Labute approximate surface area is 131 Å². The van der Waals surface area contributed by atoms with Crippen molar-refractivity contribution in [1.29, 1.82) is 0 Å². The molecule has 0 aliphatic rings. The first kappa shape index (κ1) is 19.4. The fourth-order valence-electron chi connectivity index (χ4n) is 2.02. The van der Waals surface area contributed by atoms with Crippen LogP contribution in [0.3, 0.4) is 0 Å². The molecule has 0 saturated carbocycles. The predicted octanol–water partition coefficient (Wildman–Crippen LogP) is 6.42. The molecule has 1 unspecified atom stereocenters. The molecule has 0 aromatic rings. The third kappa shape index (κ3) is 8.29. The van der Waals surface area contributed by atoms with E-state index in [-0.39, 0.29) is 0 Å². The minimum atomic E-state index is 0.361. The van der Waals surface area contributed by atoms with Crippen LogP contribution < -0.4 is 0 Å². The van der Waals surface area contributed by atoms with Crippen molar-refractivity contribution >= 4 is 5.71 Å². The summed E-state index contributed by atoms with van der Waals surface area (Å²) in [6.07, 6.45) is 16.1. The minimum absolute atomic E-state index is 0.361. The Morgan fingerprint density at radius 3 is 2.24 bits per heavy atom. The molecule has 0 radical (unpaired) electrons. The highest BCUT2D eigenvalue weighted by molar-refractivity contribution is 5.98. The van der Waals surface area contributed by atoms with Gasteiger partial charge in [0, 0.05) is 17.3 Å². The van der Waals surface area contributed by atoms with Crippen LogP contribution in [0.5, 0.6) is 0 Å². The number of hydrogen-bond donors (Lipinski definition) is 0. The van der Waals surface area contributed by atoms with E-state index >= 15 is 0 Å². The second-order valence-electron chi connectivity index (χ2n) is 5.29. The molecular formula is C20H31N. The zero-order chi connectivity index (χ0) is 16.3. The van der Waals surface area contributed by atoms with Crippen LogP contribution in [0.15, 0.2) is 64.4 Å². The Balaban J connectivity index is 5.30. The zero-order valence-corrected chi connectivity index (χ0v) is 14.8. The summed E-state index contributed by atoms with van der Waals surface area (Å²) in [5, 5.41) is 0. The number of nitrogens with zero attached hydrogens (tertiary/aromatic N) is 1. The summed E-state index contributed by atoms with van der Waals surface area (Å²) in [5.74, 6) is 0.361. The lowest BCUT2D eigenvalue weighted by atomic mass is 9.95. The lowest BCUT2D eigenvalue weighted by Gasteiger charge is -2.11. The van der Waals surface area contributed by atoms with Crippen LogP contribution in [0.2, 0.25) is 0 Å². The standard InChI is InChI=1S/C20H31N/c1-8-11-14-18(6)21-19(7)17(5)15-20(13-10-3)16(4)12-9-2/h8,10-15,20H,9H2,1-7H3/b11-8-,13-10?,16-12-,17-15-,18-14+,21-19+. The number of aliphatic imine (C=N–C) groups is 1. The molecule has 116 valence electrons. The van der Waals surface area contributed by atoms with Gasteiger partial charge in [-0.1, -0.05) is 49.0 Å². The third-order valence-corrected chi connectivity index (χ3v) is 3.33. The Kier molecular flexibility index (Phi) is 10.2. The Morgan fingerprint density at radius 1 is 1.05 bits per heavy atom. The first-order chi connectivity index (χ1) is 9.96. The number of hydrogen-bond acceptors (Lipinski definition) is 1. The van der Waals surface area contributed by atoms with Gasteiger partial charge >= 0.3 is 0 Å². The van der Waals surface area contributed by atoms with E-state index in [9.17, 15) is 0 Å². The van der Waals surface area contributed by atoms with E-state index in [0.29, 0.717) is 5.92 Å². The van der Waals surface area contributed by atoms with Crippen LogP contribution in [0.4, 0.5) is 0 Å². The van der Waals surface area contributed by atoms with Crippen LogP contribution in [0.1, 0.15) is 54.9 Å². The van der Waals surface area contributed by atoms with Gasteiger partial charge < -0.3 is 0 Å². The molecule has 0 aromatic heterocycles. The largest absolute Gasteiger partial charge is 0.258 e. The highest BCUT2D eigenvalue weighted by atomic mass is 14.7. The van der Waals surface area contributed by atoms with Crippen molar-refractivity contribution in [3.05, 3.63) is 59.4 Å². The summed E-state index contributed by atoms with van der Waals surface area (Å²) in [6.45, 7) is 14.7. The average Bonchev–Trinajstić information content (AvgIpc) is 2.44. The maximum atomic E-state index is 4.65. The van der Waals surface area contributed by atoms with Crippen molar-refractivity contribution in [3.63, 3.8) is 0 Å². The normalized spacial score (nSPS) is 17.1.